The fourth-order valence-corrected chi connectivity index (χ4v) is 2.54. The van der Waals surface area contributed by atoms with Gasteiger partial charge in [0.2, 0.25) is 0 Å². The van der Waals surface area contributed by atoms with Crippen LogP contribution in [0.15, 0.2) is 42.5 Å². The highest BCUT2D eigenvalue weighted by atomic mass is 19.1. The Hall–Kier alpha value is -1.87. The van der Waals surface area contributed by atoms with E-state index in [1.807, 2.05) is 30.3 Å². The predicted octanol–water partition coefficient (Wildman–Crippen LogP) is 3.75. The maximum absolute atomic E-state index is 13.5. The van der Waals surface area contributed by atoms with Gasteiger partial charge in [0.25, 0.3) is 0 Å². The number of benzene rings is 2. The van der Waals surface area contributed by atoms with Crippen molar-refractivity contribution in [1.29, 1.82) is 0 Å². The zero-order valence-corrected chi connectivity index (χ0v) is 11.5. The highest BCUT2D eigenvalue weighted by Gasteiger charge is 2.20. The average molecular weight is 271 g/mol. The fourth-order valence-electron chi connectivity index (χ4n) is 2.54. The molecule has 0 bridgehead atoms. The molecule has 1 atom stereocenters. The van der Waals surface area contributed by atoms with Gasteiger partial charge in [-0.3, -0.25) is 0 Å². The number of rotatable bonds is 3. The lowest BCUT2D eigenvalue weighted by molar-refractivity contribution is 0.252. The quantitative estimate of drug-likeness (QED) is 0.918. The molecule has 0 saturated carbocycles. The number of para-hydroxylation sites is 1. The molecule has 20 heavy (non-hydrogen) atoms. The first-order valence-electron chi connectivity index (χ1n) is 6.94. The molecule has 3 rings (SSSR count). The van der Waals surface area contributed by atoms with Gasteiger partial charge in [-0.05, 0) is 30.2 Å². The minimum Gasteiger partial charge on any atom is -0.493 e. The molecule has 1 N–H and O–H groups in total. The van der Waals surface area contributed by atoms with Gasteiger partial charge in [-0.15, -0.1) is 0 Å². The standard InChI is InChI=1S/C17H18FNO/c1-12-6-7-13(10-15(12)18)11-19-16-8-9-20-17-5-3-2-4-14(16)17/h2-7,10,16,19H,8-9,11H2,1H3. The fraction of sp³-hybridized carbons (Fsp3) is 0.294. The molecule has 0 aromatic heterocycles. The summed E-state index contributed by atoms with van der Waals surface area (Å²) in [7, 11) is 0. The molecule has 2 nitrogen and oxygen atoms in total. The van der Waals surface area contributed by atoms with Crippen LogP contribution < -0.4 is 10.1 Å². The zero-order valence-electron chi connectivity index (χ0n) is 11.5. The van der Waals surface area contributed by atoms with E-state index in [-0.39, 0.29) is 11.9 Å². The van der Waals surface area contributed by atoms with Gasteiger partial charge in [-0.2, -0.15) is 0 Å². The minimum absolute atomic E-state index is 0.142. The van der Waals surface area contributed by atoms with Crippen molar-refractivity contribution in [3.8, 4) is 5.75 Å². The Bertz CT molecular complexity index is 612. The van der Waals surface area contributed by atoms with Crippen LogP contribution >= 0.6 is 0 Å². The molecule has 3 heteroatoms. The van der Waals surface area contributed by atoms with Crippen LogP contribution in [0.4, 0.5) is 4.39 Å². The lowest BCUT2D eigenvalue weighted by Crippen LogP contribution is -2.26. The Labute approximate surface area is 118 Å². The number of hydrogen-bond donors (Lipinski definition) is 1. The maximum Gasteiger partial charge on any atom is 0.126 e. The number of halogens is 1. The van der Waals surface area contributed by atoms with E-state index in [2.05, 4.69) is 11.4 Å². The van der Waals surface area contributed by atoms with Crippen molar-refractivity contribution >= 4 is 0 Å². The van der Waals surface area contributed by atoms with Crippen LogP contribution in [0.2, 0.25) is 0 Å². The molecule has 1 unspecified atom stereocenters. The number of ether oxygens (including phenoxy) is 1. The molecule has 0 amide bonds. The van der Waals surface area contributed by atoms with E-state index in [0.717, 1.165) is 24.3 Å². The summed E-state index contributed by atoms with van der Waals surface area (Å²) < 4.78 is 19.2. The van der Waals surface area contributed by atoms with Crippen molar-refractivity contribution < 1.29 is 9.13 Å². The van der Waals surface area contributed by atoms with Crippen LogP contribution in [0.25, 0.3) is 0 Å². The Morgan fingerprint density at radius 3 is 2.95 bits per heavy atom. The molecule has 2 aromatic carbocycles. The third kappa shape index (κ3) is 2.68. The summed E-state index contributed by atoms with van der Waals surface area (Å²) in [4.78, 5) is 0. The third-order valence-electron chi connectivity index (χ3n) is 3.75. The molecule has 1 aliphatic rings. The monoisotopic (exact) mass is 271 g/mol. The Morgan fingerprint density at radius 1 is 1.25 bits per heavy atom. The minimum atomic E-state index is -0.142. The summed E-state index contributed by atoms with van der Waals surface area (Å²) in [5.41, 5.74) is 2.84. The topological polar surface area (TPSA) is 21.3 Å². The van der Waals surface area contributed by atoms with Gasteiger partial charge in [-0.1, -0.05) is 30.3 Å². The summed E-state index contributed by atoms with van der Waals surface area (Å²) in [6.45, 7) is 3.16. The summed E-state index contributed by atoms with van der Waals surface area (Å²) in [5.74, 6) is 0.808. The van der Waals surface area contributed by atoms with Gasteiger partial charge in [0.15, 0.2) is 0 Å². The van der Waals surface area contributed by atoms with E-state index in [4.69, 9.17) is 4.74 Å². The molecule has 1 heterocycles. The molecule has 0 aliphatic carbocycles. The van der Waals surface area contributed by atoms with Crippen molar-refractivity contribution in [2.75, 3.05) is 6.61 Å². The van der Waals surface area contributed by atoms with Crippen molar-refractivity contribution in [1.82, 2.24) is 5.32 Å². The lowest BCUT2D eigenvalue weighted by atomic mass is 10.0. The van der Waals surface area contributed by atoms with Crippen molar-refractivity contribution in [3.05, 3.63) is 65.0 Å². The second-order valence-electron chi connectivity index (χ2n) is 5.19. The van der Waals surface area contributed by atoms with Gasteiger partial charge < -0.3 is 10.1 Å². The van der Waals surface area contributed by atoms with E-state index < -0.39 is 0 Å². The second kappa shape index (κ2) is 5.63. The average Bonchev–Trinajstić information content (AvgIpc) is 2.48. The normalized spacial score (nSPS) is 17.4. The third-order valence-corrected chi connectivity index (χ3v) is 3.75. The molecular weight excluding hydrogens is 253 g/mol. The Kier molecular flexibility index (Phi) is 3.70. The van der Waals surface area contributed by atoms with E-state index >= 15 is 0 Å². The molecule has 0 spiro atoms. The van der Waals surface area contributed by atoms with Crippen molar-refractivity contribution in [3.63, 3.8) is 0 Å². The zero-order chi connectivity index (χ0) is 13.9. The van der Waals surface area contributed by atoms with Gasteiger partial charge in [0.1, 0.15) is 11.6 Å². The first-order valence-corrected chi connectivity index (χ1v) is 6.94. The summed E-state index contributed by atoms with van der Waals surface area (Å²) in [6, 6.07) is 13.7. The van der Waals surface area contributed by atoms with Gasteiger partial charge in [0, 0.05) is 24.6 Å². The van der Waals surface area contributed by atoms with E-state index in [1.165, 1.54) is 5.56 Å². The molecule has 0 fully saturated rings. The summed E-state index contributed by atoms with van der Waals surface area (Å²) in [6.07, 6.45) is 0.936. The first kappa shape index (κ1) is 13.1. The van der Waals surface area contributed by atoms with Crippen LogP contribution in [-0.4, -0.2) is 6.61 Å². The molecule has 1 aliphatic heterocycles. The highest BCUT2D eigenvalue weighted by Crippen LogP contribution is 2.31. The van der Waals surface area contributed by atoms with E-state index in [9.17, 15) is 4.39 Å². The van der Waals surface area contributed by atoms with Gasteiger partial charge >= 0.3 is 0 Å². The number of hydrogen-bond acceptors (Lipinski definition) is 2. The number of fused-ring (bicyclic) bond motifs is 1. The van der Waals surface area contributed by atoms with Gasteiger partial charge in [-0.25, -0.2) is 4.39 Å². The second-order valence-corrected chi connectivity index (χ2v) is 5.19. The summed E-state index contributed by atoms with van der Waals surface area (Å²) in [5, 5.41) is 3.49. The molecular formula is C17H18FNO. The van der Waals surface area contributed by atoms with Crippen LogP contribution in [0.1, 0.15) is 29.2 Å². The van der Waals surface area contributed by atoms with E-state index in [1.54, 1.807) is 13.0 Å². The number of aryl methyl sites for hydroxylation is 1. The summed E-state index contributed by atoms with van der Waals surface area (Å²) >= 11 is 0. The SMILES string of the molecule is Cc1ccc(CNC2CCOc3ccccc32)cc1F. The first-order chi connectivity index (χ1) is 9.74. The largest absolute Gasteiger partial charge is 0.493 e. The molecule has 2 aromatic rings. The van der Waals surface area contributed by atoms with Crippen molar-refractivity contribution in [2.24, 2.45) is 0 Å². The van der Waals surface area contributed by atoms with Crippen LogP contribution in [0.5, 0.6) is 5.75 Å². The highest BCUT2D eigenvalue weighted by molar-refractivity contribution is 5.37. The smallest absolute Gasteiger partial charge is 0.126 e. The van der Waals surface area contributed by atoms with E-state index in [0.29, 0.717) is 12.1 Å². The Morgan fingerprint density at radius 2 is 2.10 bits per heavy atom. The van der Waals surface area contributed by atoms with Crippen molar-refractivity contribution in [2.45, 2.75) is 25.9 Å². The molecule has 0 saturated heterocycles. The van der Waals surface area contributed by atoms with Gasteiger partial charge in [0.05, 0.1) is 6.61 Å². The molecule has 0 radical (unpaired) electrons. The van der Waals surface area contributed by atoms with Crippen LogP contribution in [0, 0.1) is 12.7 Å². The predicted molar refractivity (Wildman–Crippen MR) is 77.3 cm³/mol. The lowest BCUT2D eigenvalue weighted by Gasteiger charge is -2.26. The number of nitrogens with one attached hydrogen (secondary N) is 1. The maximum atomic E-state index is 13.5. The van der Waals surface area contributed by atoms with Crippen LogP contribution in [0.3, 0.4) is 0 Å². The molecule has 104 valence electrons. The Balaban J connectivity index is 1.71. The van der Waals surface area contributed by atoms with Crippen LogP contribution in [-0.2, 0) is 6.54 Å².